The standard InChI is InChI=1S/C13H20N4O2/c1-4-5-6-10-8(2)7-9(12(14)17(3)15)11(16-10)13(18)19/h7,14H,4-6,15H2,1-3H3,(H,18,19). The highest BCUT2D eigenvalue weighted by atomic mass is 16.4. The van der Waals surface area contributed by atoms with E-state index in [0.717, 1.165) is 35.5 Å². The Morgan fingerprint density at radius 3 is 2.68 bits per heavy atom. The summed E-state index contributed by atoms with van der Waals surface area (Å²) in [6.07, 6.45) is 2.72. The predicted molar refractivity (Wildman–Crippen MR) is 73.3 cm³/mol. The Bertz CT molecular complexity index is 498. The number of carbonyl (C=O) groups is 1. The van der Waals surface area contributed by atoms with Crippen LogP contribution < -0.4 is 5.84 Å². The number of carboxylic acid groups (broad SMARTS) is 1. The summed E-state index contributed by atoms with van der Waals surface area (Å²) in [5.74, 6) is 4.29. The monoisotopic (exact) mass is 264 g/mol. The molecule has 0 aliphatic carbocycles. The van der Waals surface area contributed by atoms with E-state index < -0.39 is 5.97 Å². The molecule has 0 aliphatic rings. The van der Waals surface area contributed by atoms with E-state index in [1.165, 1.54) is 7.05 Å². The Hall–Kier alpha value is -1.95. The Balaban J connectivity index is 3.29. The molecule has 0 fully saturated rings. The molecule has 0 radical (unpaired) electrons. The van der Waals surface area contributed by atoms with Gasteiger partial charge in [-0.1, -0.05) is 13.3 Å². The van der Waals surface area contributed by atoms with Crippen LogP contribution in [0, 0.1) is 12.3 Å². The minimum Gasteiger partial charge on any atom is -0.476 e. The average Bonchev–Trinajstić information content (AvgIpc) is 2.35. The number of pyridine rings is 1. The lowest BCUT2D eigenvalue weighted by Crippen LogP contribution is -2.34. The summed E-state index contributed by atoms with van der Waals surface area (Å²) in [4.78, 5) is 15.5. The normalized spacial score (nSPS) is 10.3. The summed E-state index contributed by atoms with van der Waals surface area (Å²) in [6.45, 7) is 3.94. The largest absolute Gasteiger partial charge is 0.476 e. The number of nitrogens with two attached hydrogens (primary N) is 1. The van der Waals surface area contributed by atoms with Crippen molar-refractivity contribution >= 4 is 11.8 Å². The number of carboxylic acids is 1. The van der Waals surface area contributed by atoms with Crippen molar-refractivity contribution in [2.45, 2.75) is 33.1 Å². The Morgan fingerprint density at radius 2 is 2.21 bits per heavy atom. The molecule has 1 rings (SSSR count). The molecule has 0 saturated carbocycles. The van der Waals surface area contributed by atoms with Gasteiger partial charge in [-0.2, -0.15) is 0 Å². The Morgan fingerprint density at radius 1 is 1.58 bits per heavy atom. The van der Waals surface area contributed by atoms with Crippen molar-refractivity contribution in [3.8, 4) is 0 Å². The summed E-state index contributed by atoms with van der Waals surface area (Å²) in [7, 11) is 1.49. The maximum absolute atomic E-state index is 11.3. The lowest BCUT2D eigenvalue weighted by atomic mass is 10.0. The van der Waals surface area contributed by atoms with Gasteiger partial charge in [-0.25, -0.2) is 15.6 Å². The number of hydrazine groups is 1. The summed E-state index contributed by atoms with van der Waals surface area (Å²) >= 11 is 0. The van der Waals surface area contributed by atoms with Crippen molar-refractivity contribution in [3.63, 3.8) is 0 Å². The van der Waals surface area contributed by atoms with Gasteiger partial charge in [0.25, 0.3) is 0 Å². The number of aryl methyl sites for hydroxylation is 2. The van der Waals surface area contributed by atoms with E-state index in [1.807, 2.05) is 6.92 Å². The van der Waals surface area contributed by atoms with Gasteiger partial charge >= 0.3 is 5.97 Å². The fourth-order valence-electron chi connectivity index (χ4n) is 1.78. The molecule has 0 spiro atoms. The molecule has 0 aliphatic heterocycles. The molecular formula is C13H20N4O2. The number of amidine groups is 1. The van der Waals surface area contributed by atoms with Crippen LogP contribution in [0.1, 0.15) is 47.1 Å². The zero-order valence-corrected chi connectivity index (χ0v) is 11.5. The molecule has 0 unspecified atom stereocenters. The molecule has 19 heavy (non-hydrogen) atoms. The van der Waals surface area contributed by atoms with Crippen molar-refractivity contribution in [2.24, 2.45) is 5.84 Å². The van der Waals surface area contributed by atoms with Crippen LogP contribution in [0.25, 0.3) is 0 Å². The lowest BCUT2D eigenvalue weighted by Gasteiger charge is -2.16. The first-order valence-corrected chi connectivity index (χ1v) is 6.19. The molecule has 0 atom stereocenters. The van der Waals surface area contributed by atoms with Gasteiger partial charge in [0, 0.05) is 12.7 Å². The van der Waals surface area contributed by atoms with Crippen molar-refractivity contribution < 1.29 is 9.90 Å². The molecule has 0 aromatic carbocycles. The minimum atomic E-state index is -1.14. The van der Waals surface area contributed by atoms with Crippen molar-refractivity contribution in [2.75, 3.05) is 7.05 Å². The highest BCUT2D eigenvalue weighted by molar-refractivity contribution is 6.04. The molecule has 1 aromatic heterocycles. The predicted octanol–water partition coefficient (Wildman–Crippen LogP) is 1.56. The number of hydrogen-bond acceptors (Lipinski definition) is 4. The van der Waals surface area contributed by atoms with Crippen LogP contribution in [0.15, 0.2) is 6.07 Å². The van der Waals surface area contributed by atoms with E-state index in [4.69, 9.17) is 11.3 Å². The third kappa shape index (κ3) is 3.51. The van der Waals surface area contributed by atoms with Gasteiger partial charge in [0.2, 0.25) is 0 Å². The van der Waals surface area contributed by atoms with Gasteiger partial charge in [0.05, 0.1) is 5.56 Å². The van der Waals surface area contributed by atoms with E-state index in [1.54, 1.807) is 6.07 Å². The molecule has 0 saturated heterocycles. The number of rotatable bonds is 5. The average molecular weight is 264 g/mol. The first-order chi connectivity index (χ1) is 8.88. The van der Waals surface area contributed by atoms with Gasteiger partial charge in [0.15, 0.2) is 5.69 Å². The van der Waals surface area contributed by atoms with Crippen LogP contribution in [-0.2, 0) is 6.42 Å². The second-order valence-electron chi connectivity index (χ2n) is 4.52. The smallest absolute Gasteiger partial charge is 0.355 e. The van der Waals surface area contributed by atoms with Crippen LogP contribution in [-0.4, -0.2) is 34.0 Å². The Labute approximate surface area is 112 Å². The van der Waals surface area contributed by atoms with Crippen molar-refractivity contribution in [3.05, 3.63) is 28.6 Å². The number of aromatic nitrogens is 1. The highest BCUT2D eigenvalue weighted by Crippen LogP contribution is 2.16. The first kappa shape index (κ1) is 15.1. The van der Waals surface area contributed by atoms with Gasteiger partial charge in [-0.3, -0.25) is 10.4 Å². The minimum absolute atomic E-state index is 0.0601. The molecule has 1 aromatic rings. The van der Waals surface area contributed by atoms with Gasteiger partial charge < -0.3 is 5.11 Å². The molecule has 104 valence electrons. The quantitative estimate of drug-likeness (QED) is 0.324. The number of nitrogens with one attached hydrogen (secondary N) is 1. The van der Waals surface area contributed by atoms with Crippen LogP contribution in [0.4, 0.5) is 0 Å². The summed E-state index contributed by atoms with van der Waals surface area (Å²) < 4.78 is 0. The van der Waals surface area contributed by atoms with Crippen molar-refractivity contribution in [1.82, 2.24) is 9.99 Å². The number of nitrogens with zero attached hydrogens (tertiary/aromatic N) is 2. The molecular weight excluding hydrogens is 244 g/mol. The molecule has 4 N–H and O–H groups in total. The maximum atomic E-state index is 11.3. The molecule has 1 heterocycles. The zero-order chi connectivity index (χ0) is 14.6. The third-order valence-electron chi connectivity index (χ3n) is 2.90. The highest BCUT2D eigenvalue weighted by Gasteiger charge is 2.19. The second-order valence-corrected chi connectivity index (χ2v) is 4.52. The van der Waals surface area contributed by atoms with E-state index in [9.17, 15) is 9.90 Å². The van der Waals surface area contributed by atoms with E-state index in [2.05, 4.69) is 11.9 Å². The fourth-order valence-corrected chi connectivity index (χ4v) is 1.78. The SMILES string of the molecule is CCCCc1nc(C(=O)O)c(C(=N)N(C)N)cc1C. The van der Waals surface area contributed by atoms with Crippen LogP contribution in [0.2, 0.25) is 0 Å². The molecule has 0 amide bonds. The summed E-state index contributed by atoms with van der Waals surface area (Å²) in [6, 6.07) is 1.67. The molecule has 6 heteroatoms. The third-order valence-corrected chi connectivity index (χ3v) is 2.90. The summed E-state index contributed by atoms with van der Waals surface area (Å²) in [5.41, 5.74) is 1.80. The Kier molecular flexibility index (Phi) is 5.00. The van der Waals surface area contributed by atoms with Crippen LogP contribution >= 0.6 is 0 Å². The zero-order valence-electron chi connectivity index (χ0n) is 11.5. The first-order valence-electron chi connectivity index (χ1n) is 6.19. The van der Waals surface area contributed by atoms with E-state index in [-0.39, 0.29) is 17.1 Å². The van der Waals surface area contributed by atoms with Gasteiger partial charge in [-0.05, 0) is 31.4 Å². The van der Waals surface area contributed by atoms with Crippen molar-refractivity contribution in [1.29, 1.82) is 5.41 Å². The molecule has 0 bridgehead atoms. The van der Waals surface area contributed by atoms with E-state index in [0.29, 0.717) is 0 Å². The number of aromatic carboxylic acids is 1. The number of hydrogen-bond donors (Lipinski definition) is 3. The number of unbranched alkanes of at least 4 members (excludes halogenated alkanes) is 1. The fraction of sp³-hybridized carbons (Fsp3) is 0.462. The van der Waals surface area contributed by atoms with Gasteiger partial charge in [-0.15, -0.1) is 0 Å². The molecule has 6 nitrogen and oxygen atoms in total. The lowest BCUT2D eigenvalue weighted by molar-refractivity contribution is 0.0689. The maximum Gasteiger partial charge on any atom is 0.355 e. The summed E-state index contributed by atoms with van der Waals surface area (Å²) in [5, 5.41) is 18.1. The second kappa shape index (κ2) is 6.29. The topological polar surface area (TPSA) is 103 Å². The van der Waals surface area contributed by atoms with Gasteiger partial charge in [0.1, 0.15) is 5.84 Å². The van der Waals surface area contributed by atoms with Crippen LogP contribution in [0.3, 0.4) is 0 Å². The van der Waals surface area contributed by atoms with E-state index >= 15 is 0 Å². The van der Waals surface area contributed by atoms with Crippen LogP contribution in [0.5, 0.6) is 0 Å².